The molecule has 0 bridgehead atoms. The van der Waals surface area contributed by atoms with Gasteiger partial charge in [0.1, 0.15) is 0 Å². The molecule has 1 amide bonds. The van der Waals surface area contributed by atoms with E-state index in [2.05, 4.69) is 15.1 Å². The maximum atomic E-state index is 12.3. The van der Waals surface area contributed by atoms with Crippen LogP contribution in [0.2, 0.25) is 0 Å². The van der Waals surface area contributed by atoms with Gasteiger partial charge in [0.2, 0.25) is 12.7 Å². The Morgan fingerprint density at radius 3 is 2.31 bits per heavy atom. The van der Waals surface area contributed by atoms with Gasteiger partial charge in [-0.15, -0.1) is 0 Å². The highest BCUT2D eigenvalue weighted by Crippen LogP contribution is 2.32. The monoisotopic (exact) mass is 395 g/mol. The Balaban J connectivity index is 1.17. The van der Waals surface area contributed by atoms with Crippen molar-refractivity contribution in [3.8, 4) is 11.5 Å². The molecule has 1 fully saturated rings. The fourth-order valence-electron chi connectivity index (χ4n) is 3.53. The van der Waals surface area contributed by atoms with E-state index >= 15 is 0 Å². The molecular weight excluding hydrogens is 370 g/mol. The Labute approximate surface area is 170 Å². The van der Waals surface area contributed by atoms with Gasteiger partial charge in [-0.2, -0.15) is 0 Å². The summed E-state index contributed by atoms with van der Waals surface area (Å²) in [5, 5.41) is 2.96. The van der Waals surface area contributed by atoms with Crippen LogP contribution < -0.4 is 14.8 Å². The number of rotatable bonds is 7. The molecule has 152 valence electrons. The zero-order valence-electron chi connectivity index (χ0n) is 16.3. The van der Waals surface area contributed by atoms with Gasteiger partial charge in [0, 0.05) is 38.3 Å². The van der Waals surface area contributed by atoms with E-state index < -0.39 is 0 Å². The third kappa shape index (κ3) is 5.13. The van der Waals surface area contributed by atoms with Gasteiger partial charge in [-0.3, -0.25) is 19.4 Å². The van der Waals surface area contributed by atoms with Crippen molar-refractivity contribution in [2.45, 2.75) is 6.54 Å². The number of amides is 1. The van der Waals surface area contributed by atoms with Gasteiger partial charge in [0.15, 0.2) is 17.3 Å². The van der Waals surface area contributed by atoms with E-state index in [4.69, 9.17) is 9.47 Å². The molecule has 1 N–H and O–H groups in total. The highest BCUT2D eigenvalue weighted by atomic mass is 16.7. The minimum absolute atomic E-state index is 0.00326. The predicted octanol–water partition coefficient (Wildman–Crippen LogP) is 1.53. The minimum Gasteiger partial charge on any atom is -0.454 e. The number of hydrogen-bond acceptors (Lipinski definition) is 6. The fraction of sp³-hybridized carbons (Fsp3) is 0.364. The van der Waals surface area contributed by atoms with E-state index in [1.54, 1.807) is 0 Å². The van der Waals surface area contributed by atoms with Gasteiger partial charge in [-0.25, -0.2) is 0 Å². The van der Waals surface area contributed by atoms with E-state index in [0.717, 1.165) is 48.8 Å². The summed E-state index contributed by atoms with van der Waals surface area (Å²) >= 11 is 0. The summed E-state index contributed by atoms with van der Waals surface area (Å²) in [5.41, 5.74) is 1.73. The Bertz CT molecular complexity index is 864. The van der Waals surface area contributed by atoms with Crippen molar-refractivity contribution in [2.75, 3.05) is 46.1 Å². The Hall–Kier alpha value is -2.90. The molecule has 0 radical (unpaired) electrons. The number of ketones is 1. The van der Waals surface area contributed by atoms with Gasteiger partial charge in [0.25, 0.3) is 0 Å². The smallest absolute Gasteiger partial charge is 0.234 e. The average molecular weight is 395 g/mol. The summed E-state index contributed by atoms with van der Waals surface area (Å²) in [7, 11) is 0. The molecule has 29 heavy (non-hydrogen) atoms. The van der Waals surface area contributed by atoms with Gasteiger partial charge >= 0.3 is 0 Å². The van der Waals surface area contributed by atoms with Crippen LogP contribution in [0.15, 0.2) is 48.5 Å². The first kappa shape index (κ1) is 19.4. The lowest BCUT2D eigenvalue weighted by molar-refractivity contribution is -0.122. The second-order valence-electron chi connectivity index (χ2n) is 7.31. The molecule has 2 aromatic carbocycles. The summed E-state index contributed by atoms with van der Waals surface area (Å²) in [4.78, 5) is 28.9. The van der Waals surface area contributed by atoms with Crippen LogP contribution in [0.4, 0.5) is 0 Å². The van der Waals surface area contributed by atoms with Gasteiger partial charge in [-0.1, -0.05) is 36.4 Å². The molecule has 7 heteroatoms. The number of carbonyl (C=O) groups is 2. The summed E-state index contributed by atoms with van der Waals surface area (Å²) < 4.78 is 10.7. The number of piperazine rings is 1. The Morgan fingerprint density at radius 2 is 1.55 bits per heavy atom. The number of nitrogens with one attached hydrogen (secondary N) is 1. The van der Waals surface area contributed by atoms with E-state index in [-0.39, 0.29) is 18.5 Å². The second-order valence-corrected chi connectivity index (χ2v) is 7.31. The molecule has 0 spiro atoms. The number of Topliss-reactive ketones (excluding diaryl/α,β-unsaturated/α-hetero) is 1. The highest BCUT2D eigenvalue weighted by molar-refractivity contribution is 5.97. The maximum Gasteiger partial charge on any atom is 0.234 e. The predicted molar refractivity (Wildman–Crippen MR) is 108 cm³/mol. The van der Waals surface area contributed by atoms with E-state index in [9.17, 15) is 9.59 Å². The summed E-state index contributed by atoms with van der Waals surface area (Å²) in [6, 6.07) is 15.1. The van der Waals surface area contributed by atoms with Crippen molar-refractivity contribution in [3.05, 3.63) is 59.7 Å². The molecule has 2 aromatic rings. The first-order chi connectivity index (χ1) is 14.2. The standard InChI is InChI=1S/C22H25N3O4/c26-19(18-4-2-1-3-5-18)14-24-8-10-25(11-9-24)15-22(27)23-13-17-6-7-20-21(12-17)29-16-28-20/h1-7,12H,8-11,13-16H2,(H,23,27). The molecule has 2 heterocycles. The summed E-state index contributed by atoms with van der Waals surface area (Å²) in [6.07, 6.45) is 0. The van der Waals surface area contributed by atoms with Crippen molar-refractivity contribution in [1.82, 2.24) is 15.1 Å². The second kappa shape index (κ2) is 9.07. The fourth-order valence-corrected chi connectivity index (χ4v) is 3.53. The molecule has 0 unspecified atom stereocenters. The molecule has 0 aliphatic carbocycles. The van der Waals surface area contributed by atoms with Crippen LogP contribution in [0.1, 0.15) is 15.9 Å². The van der Waals surface area contributed by atoms with E-state index in [0.29, 0.717) is 19.6 Å². The quantitative estimate of drug-likeness (QED) is 0.717. The van der Waals surface area contributed by atoms with Crippen LogP contribution in [-0.2, 0) is 11.3 Å². The molecule has 0 atom stereocenters. The van der Waals surface area contributed by atoms with Crippen LogP contribution in [0.25, 0.3) is 0 Å². The lowest BCUT2D eigenvalue weighted by atomic mass is 10.1. The van der Waals surface area contributed by atoms with Crippen molar-refractivity contribution < 1.29 is 19.1 Å². The highest BCUT2D eigenvalue weighted by Gasteiger charge is 2.21. The number of fused-ring (bicyclic) bond motifs is 1. The van der Waals surface area contributed by atoms with E-state index in [1.807, 2.05) is 48.5 Å². The zero-order chi connectivity index (χ0) is 20.1. The Morgan fingerprint density at radius 1 is 0.862 bits per heavy atom. The summed E-state index contributed by atoms with van der Waals surface area (Å²) in [6.45, 7) is 4.62. The van der Waals surface area contributed by atoms with Crippen LogP contribution >= 0.6 is 0 Å². The van der Waals surface area contributed by atoms with Crippen LogP contribution in [0.5, 0.6) is 11.5 Å². The van der Waals surface area contributed by atoms with Gasteiger partial charge < -0.3 is 14.8 Å². The van der Waals surface area contributed by atoms with Gasteiger partial charge in [-0.05, 0) is 17.7 Å². The molecule has 0 saturated carbocycles. The summed E-state index contributed by atoms with van der Waals surface area (Å²) in [5.74, 6) is 1.60. The number of benzene rings is 2. The lowest BCUT2D eigenvalue weighted by Gasteiger charge is -2.33. The minimum atomic E-state index is -0.00326. The SMILES string of the molecule is O=C(CN1CCN(CC(=O)c2ccccc2)CC1)NCc1ccc2c(c1)OCO2. The first-order valence-corrected chi connectivity index (χ1v) is 9.85. The van der Waals surface area contributed by atoms with Crippen molar-refractivity contribution in [2.24, 2.45) is 0 Å². The number of nitrogens with zero attached hydrogens (tertiary/aromatic N) is 2. The van der Waals surface area contributed by atoms with Crippen LogP contribution in [-0.4, -0.2) is 67.6 Å². The molecule has 1 saturated heterocycles. The number of carbonyl (C=O) groups excluding carboxylic acids is 2. The maximum absolute atomic E-state index is 12.3. The third-order valence-corrected chi connectivity index (χ3v) is 5.22. The number of hydrogen-bond donors (Lipinski definition) is 1. The van der Waals surface area contributed by atoms with Crippen LogP contribution in [0.3, 0.4) is 0 Å². The third-order valence-electron chi connectivity index (χ3n) is 5.22. The number of ether oxygens (including phenoxy) is 2. The van der Waals surface area contributed by atoms with E-state index in [1.165, 1.54) is 0 Å². The molecule has 4 rings (SSSR count). The van der Waals surface area contributed by atoms with Crippen molar-refractivity contribution >= 4 is 11.7 Å². The topological polar surface area (TPSA) is 71.1 Å². The molecule has 7 nitrogen and oxygen atoms in total. The molecule has 0 aromatic heterocycles. The lowest BCUT2D eigenvalue weighted by Crippen LogP contribution is -2.50. The van der Waals surface area contributed by atoms with Crippen molar-refractivity contribution in [3.63, 3.8) is 0 Å². The largest absolute Gasteiger partial charge is 0.454 e. The molecule has 2 aliphatic heterocycles. The van der Waals surface area contributed by atoms with Crippen LogP contribution in [0, 0.1) is 0 Å². The molecular formula is C22H25N3O4. The van der Waals surface area contributed by atoms with Crippen molar-refractivity contribution in [1.29, 1.82) is 0 Å². The Kier molecular flexibility index (Phi) is 6.07. The first-order valence-electron chi connectivity index (χ1n) is 9.85. The molecule has 2 aliphatic rings. The zero-order valence-corrected chi connectivity index (χ0v) is 16.3. The average Bonchev–Trinajstić information content (AvgIpc) is 3.22. The normalized spacial score (nSPS) is 16.6. The van der Waals surface area contributed by atoms with Gasteiger partial charge in [0.05, 0.1) is 13.1 Å².